The van der Waals surface area contributed by atoms with Crippen molar-refractivity contribution in [3.8, 4) is 0 Å². The maximum atomic E-state index is 13.1. The van der Waals surface area contributed by atoms with Crippen molar-refractivity contribution in [2.45, 2.75) is 39.8 Å². The number of carbonyl (C=O) groups excluding carboxylic acids is 1. The van der Waals surface area contributed by atoms with Crippen molar-refractivity contribution in [3.63, 3.8) is 0 Å². The lowest BCUT2D eigenvalue weighted by molar-refractivity contribution is -0.119. The SMILES string of the molecule is CC(=O)[C@@H](C)n1c(=O)c2c(nc3n(CCc4ccccc4)c(C)cn23)n(C)c1=O. The van der Waals surface area contributed by atoms with Crippen molar-refractivity contribution in [1.29, 1.82) is 0 Å². The molecule has 1 atom stereocenters. The molecule has 8 heteroatoms. The number of rotatable bonds is 5. The molecule has 8 nitrogen and oxygen atoms in total. The Kier molecular flexibility index (Phi) is 4.49. The normalized spacial score (nSPS) is 12.7. The third-order valence-corrected chi connectivity index (χ3v) is 5.53. The molecule has 0 N–H and O–H groups in total. The van der Waals surface area contributed by atoms with Crippen LogP contribution < -0.4 is 11.2 Å². The van der Waals surface area contributed by atoms with E-state index in [0.717, 1.165) is 16.7 Å². The molecule has 0 bridgehead atoms. The average Bonchev–Trinajstić information content (AvgIpc) is 3.20. The van der Waals surface area contributed by atoms with E-state index >= 15 is 0 Å². The zero-order chi connectivity index (χ0) is 20.9. The Balaban J connectivity index is 1.92. The van der Waals surface area contributed by atoms with E-state index in [9.17, 15) is 14.4 Å². The molecule has 0 saturated heterocycles. The van der Waals surface area contributed by atoms with Gasteiger partial charge in [-0.05, 0) is 32.8 Å². The summed E-state index contributed by atoms with van der Waals surface area (Å²) in [6, 6.07) is 9.31. The lowest BCUT2D eigenvalue weighted by Gasteiger charge is -2.12. The van der Waals surface area contributed by atoms with E-state index < -0.39 is 17.3 Å². The molecule has 4 aromatic rings. The summed E-state index contributed by atoms with van der Waals surface area (Å²) in [6.07, 6.45) is 2.67. The highest BCUT2D eigenvalue weighted by Crippen LogP contribution is 2.17. The first-order chi connectivity index (χ1) is 13.8. The fourth-order valence-electron chi connectivity index (χ4n) is 3.71. The number of hydrogen-bond donors (Lipinski definition) is 0. The van der Waals surface area contributed by atoms with Crippen molar-refractivity contribution in [1.82, 2.24) is 23.1 Å². The van der Waals surface area contributed by atoms with Crippen LogP contribution in [0.15, 0.2) is 46.1 Å². The molecule has 0 aliphatic carbocycles. The molecule has 0 aliphatic rings. The van der Waals surface area contributed by atoms with Crippen LogP contribution in [0.2, 0.25) is 0 Å². The summed E-state index contributed by atoms with van der Waals surface area (Å²) < 4.78 is 6.10. The molecule has 4 rings (SSSR count). The number of imidazole rings is 2. The molecule has 0 spiro atoms. The zero-order valence-electron chi connectivity index (χ0n) is 16.9. The lowest BCUT2D eigenvalue weighted by atomic mass is 10.1. The van der Waals surface area contributed by atoms with Crippen LogP contribution in [0.25, 0.3) is 16.9 Å². The number of aryl methyl sites for hydroxylation is 4. The molecule has 1 aromatic carbocycles. The van der Waals surface area contributed by atoms with Gasteiger partial charge in [-0.2, -0.15) is 4.98 Å². The van der Waals surface area contributed by atoms with E-state index in [1.165, 1.54) is 17.1 Å². The van der Waals surface area contributed by atoms with Crippen molar-refractivity contribution >= 4 is 22.7 Å². The van der Waals surface area contributed by atoms with Crippen LogP contribution in [0.3, 0.4) is 0 Å². The third-order valence-electron chi connectivity index (χ3n) is 5.53. The van der Waals surface area contributed by atoms with E-state index in [1.54, 1.807) is 18.4 Å². The summed E-state index contributed by atoms with van der Waals surface area (Å²) in [7, 11) is 1.57. The van der Waals surface area contributed by atoms with Gasteiger partial charge >= 0.3 is 5.69 Å². The van der Waals surface area contributed by atoms with E-state index in [0.29, 0.717) is 23.5 Å². The van der Waals surface area contributed by atoms with Crippen molar-refractivity contribution < 1.29 is 4.79 Å². The highest BCUT2D eigenvalue weighted by Gasteiger charge is 2.23. The predicted octanol–water partition coefficient (Wildman–Crippen LogP) is 1.85. The van der Waals surface area contributed by atoms with Crippen molar-refractivity contribution in [2.24, 2.45) is 7.05 Å². The fourth-order valence-corrected chi connectivity index (χ4v) is 3.71. The largest absolute Gasteiger partial charge is 0.333 e. The first kappa shape index (κ1) is 18.9. The van der Waals surface area contributed by atoms with Crippen LogP contribution in [-0.4, -0.2) is 28.9 Å². The number of fused-ring (bicyclic) bond motifs is 3. The molecule has 29 heavy (non-hydrogen) atoms. The molecular weight excluding hydrogens is 370 g/mol. The van der Waals surface area contributed by atoms with Crippen molar-refractivity contribution in [3.05, 3.63) is 68.6 Å². The lowest BCUT2D eigenvalue weighted by Crippen LogP contribution is -2.42. The smallest absolute Gasteiger partial charge is 0.314 e. The second-order valence-electron chi connectivity index (χ2n) is 7.42. The molecule has 0 amide bonds. The number of carbonyl (C=O) groups is 1. The van der Waals surface area contributed by atoms with Gasteiger partial charge in [0.05, 0.1) is 6.04 Å². The minimum Gasteiger partial charge on any atom is -0.314 e. The maximum absolute atomic E-state index is 13.1. The number of ketones is 1. The van der Waals surface area contributed by atoms with Gasteiger partial charge in [-0.25, -0.2) is 9.36 Å². The summed E-state index contributed by atoms with van der Waals surface area (Å²) in [4.78, 5) is 42.3. The zero-order valence-corrected chi connectivity index (χ0v) is 16.9. The van der Waals surface area contributed by atoms with E-state index in [1.807, 2.05) is 35.9 Å². The summed E-state index contributed by atoms with van der Waals surface area (Å²) in [6.45, 7) is 5.59. The van der Waals surface area contributed by atoms with E-state index in [4.69, 9.17) is 0 Å². The molecule has 0 fully saturated rings. The minimum absolute atomic E-state index is 0.249. The number of benzene rings is 1. The topological polar surface area (TPSA) is 83.3 Å². The predicted molar refractivity (Wildman–Crippen MR) is 110 cm³/mol. The average molecular weight is 393 g/mol. The molecule has 0 unspecified atom stereocenters. The number of hydrogen-bond acceptors (Lipinski definition) is 4. The monoisotopic (exact) mass is 393 g/mol. The van der Waals surface area contributed by atoms with Gasteiger partial charge in [0.15, 0.2) is 16.9 Å². The summed E-state index contributed by atoms with van der Waals surface area (Å²) in [5.41, 5.74) is 1.74. The summed E-state index contributed by atoms with van der Waals surface area (Å²) in [5, 5.41) is 0. The van der Waals surface area contributed by atoms with Crippen LogP contribution in [0, 0.1) is 6.92 Å². The van der Waals surface area contributed by atoms with Crippen LogP contribution >= 0.6 is 0 Å². The highest BCUT2D eigenvalue weighted by atomic mass is 16.2. The van der Waals surface area contributed by atoms with Crippen LogP contribution in [0.4, 0.5) is 0 Å². The van der Waals surface area contributed by atoms with Crippen molar-refractivity contribution in [2.75, 3.05) is 0 Å². The molecule has 0 radical (unpaired) electrons. The van der Waals surface area contributed by atoms with Gasteiger partial charge in [-0.3, -0.25) is 18.6 Å². The van der Waals surface area contributed by atoms with Gasteiger partial charge in [-0.15, -0.1) is 0 Å². The Morgan fingerprint density at radius 2 is 1.86 bits per heavy atom. The fraction of sp³-hybridized carbons (Fsp3) is 0.333. The Hall–Kier alpha value is -3.42. The number of Topliss-reactive ketones (excluding diaryl/α,β-unsaturated/α-hetero) is 1. The second kappa shape index (κ2) is 6.88. The van der Waals surface area contributed by atoms with Gasteiger partial charge in [-0.1, -0.05) is 30.3 Å². The Morgan fingerprint density at radius 1 is 1.17 bits per heavy atom. The van der Waals surface area contributed by atoms with Gasteiger partial charge in [0.25, 0.3) is 5.56 Å². The van der Waals surface area contributed by atoms with E-state index in [-0.39, 0.29) is 5.78 Å². The maximum Gasteiger partial charge on any atom is 0.333 e. The molecular formula is C21H23N5O3. The molecule has 0 aliphatic heterocycles. The Bertz CT molecular complexity index is 1350. The summed E-state index contributed by atoms with van der Waals surface area (Å²) in [5.74, 6) is 0.356. The van der Waals surface area contributed by atoms with Crippen LogP contribution in [0.5, 0.6) is 0 Å². The standard InChI is InChI=1S/C21H23N5O3/c1-13-12-25-17-18(23(4)21(29)26(19(17)28)14(2)15(3)27)22-20(25)24(13)11-10-16-8-6-5-7-9-16/h5-9,12,14H,10-11H2,1-4H3/t14-/m1/s1. The van der Waals surface area contributed by atoms with Crippen LogP contribution in [0.1, 0.15) is 31.1 Å². The van der Waals surface area contributed by atoms with Gasteiger partial charge in [0, 0.05) is 25.5 Å². The minimum atomic E-state index is -0.836. The van der Waals surface area contributed by atoms with Gasteiger partial charge < -0.3 is 4.57 Å². The van der Waals surface area contributed by atoms with Crippen LogP contribution in [-0.2, 0) is 24.8 Å². The molecule has 0 saturated carbocycles. The quantitative estimate of drug-likeness (QED) is 0.518. The Morgan fingerprint density at radius 3 is 2.52 bits per heavy atom. The number of nitrogens with zero attached hydrogens (tertiary/aromatic N) is 5. The highest BCUT2D eigenvalue weighted by molar-refractivity contribution is 5.80. The molecule has 150 valence electrons. The third kappa shape index (κ3) is 2.91. The summed E-state index contributed by atoms with van der Waals surface area (Å²) >= 11 is 0. The number of aromatic nitrogens is 5. The van der Waals surface area contributed by atoms with E-state index in [2.05, 4.69) is 17.1 Å². The first-order valence-electron chi connectivity index (χ1n) is 9.55. The van der Waals surface area contributed by atoms with Gasteiger partial charge in [0.1, 0.15) is 0 Å². The van der Waals surface area contributed by atoms with Gasteiger partial charge in [0.2, 0.25) is 5.78 Å². The first-order valence-corrected chi connectivity index (χ1v) is 9.55. The second-order valence-corrected chi connectivity index (χ2v) is 7.42. The molecule has 3 heterocycles. The molecule has 3 aromatic heterocycles. The Labute approximate surface area is 166 Å².